The molecule has 0 amide bonds. The summed E-state index contributed by atoms with van der Waals surface area (Å²) in [5.74, 6) is 1.78. The van der Waals surface area contributed by atoms with E-state index in [2.05, 4.69) is 39.6 Å². The van der Waals surface area contributed by atoms with Crippen LogP contribution in [0.2, 0.25) is 0 Å². The Morgan fingerprint density at radius 3 is 2.42 bits per heavy atom. The predicted octanol–water partition coefficient (Wildman–Crippen LogP) is 2.76. The van der Waals surface area contributed by atoms with Crippen molar-refractivity contribution in [1.29, 1.82) is 0 Å². The molecule has 1 aliphatic rings. The SMILES string of the molecule is CCC(C)C1CCN(C)C1(C)C. The molecule has 0 aromatic rings. The van der Waals surface area contributed by atoms with E-state index in [1.54, 1.807) is 0 Å². The van der Waals surface area contributed by atoms with Gasteiger partial charge in [0.1, 0.15) is 0 Å². The summed E-state index contributed by atoms with van der Waals surface area (Å²) in [6.07, 6.45) is 2.71. The molecular weight excluding hydrogens is 146 g/mol. The minimum atomic E-state index is 0.426. The molecule has 1 aliphatic heterocycles. The molecule has 72 valence electrons. The topological polar surface area (TPSA) is 3.24 Å². The molecule has 0 aliphatic carbocycles. The zero-order chi connectivity index (χ0) is 9.35. The zero-order valence-electron chi connectivity index (χ0n) is 9.22. The summed E-state index contributed by atoms with van der Waals surface area (Å²) in [7, 11) is 2.25. The fourth-order valence-electron chi connectivity index (χ4n) is 2.52. The average Bonchev–Trinajstić information content (AvgIpc) is 2.27. The largest absolute Gasteiger partial charge is 0.301 e. The van der Waals surface area contributed by atoms with Gasteiger partial charge in [0, 0.05) is 5.54 Å². The number of rotatable bonds is 2. The van der Waals surface area contributed by atoms with E-state index >= 15 is 0 Å². The Balaban J connectivity index is 2.67. The smallest absolute Gasteiger partial charge is 0.0181 e. The minimum absolute atomic E-state index is 0.426. The van der Waals surface area contributed by atoms with Crippen LogP contribution in [0, 0.1) is 11.8 Å². The molecule has 0 spiro atoms. The molecule has 1 heteroatoms. The first-order chi connectivity index (χ1) is 5.50. The van der Waals surface area contributed by atoms with E-state index in [1.807, 2.05) is 0 Å². The van der Waals surface area contributed by atoms with Crippen molar-refractivity contribution >= 4 is 0 Å². The van der Waals surface area contributed by atoms with Gasteiger partial charge in [0.05, 0.1) is 0 Å². The van der Waals surface area contributed by atoms with Crippen LogP contribution in [0.1, 0.15) is 40.5 Å². The maximum atomic E-state index is 2.50. The quantitative estimate of drug-likeness (QED) is 0.614. The minimum Gasteiger partial charge on any atom is -0.301 e. The summed E-state index contributed by atoms with van der Waals surface area (Å²) in [4.78, 5) is 2.50. The van der Waals surface area contributed by atoms with Gasteiger partial charge in [-0.3, -0.25) is 0 Å². The van der Waals surface area contributed by atoms with Crippen LogP contribution < -0.4 is 0 Å². The highest BCUT2D eigenvalue weighted by Crippen LogP contribution is 2.38. The number of likely N-dealkylation sites (tertiary alicyclic amines) is 1. The fourth-order valence-corrected chi connectivity index (χ4v) is 2.52. The Labute approximate surface area is 77.1 Å². The molecular formula is C11H23N. The summed E-state index contributed by atoms with van der Waals surface area (Å²) >= 11 is 0. The lowest BCUT2D eigenvalue weighted by Crippen LogP contribution is -2.41. The molecule has 12 heavy (non-hydrogen) atoms. The Hall–Kier alpha value is -0.0400. The molecule has 2 atom stereocenters. The lowest BCUT2D eigenvalue weighted by atomic mass is 9.78. The van der Waals surface area contributed by atoms with Crippen LogP contribution in [-0.2, 0) is 0 Å². The maximum Gasteiger partial charge on any atom is 0.0181 e. The van der Waals surface area contributed by atoms with Crippen molar-refractivity contribution in [3.8, 4) is 0 Å². The van der Waals surface area contributed by atoms with Crippen molar-refractivity contribution in [3.63, 3.8) is 0 Å². The van der Waals surface area contributed by atoms with E-state index in [9.17, 15) is 0 Å². The van der Waals surface area contributed by atoms with Crippen LogP contribution in [0.3, 0.4) is 0 Å². The van der Waals surface area contributed by atoms with E-state index in [0.717, 1.165) is 11.8 Å². The van der Waals surface area contributed by atoms with E-state index in [4.69, 9.17) is 0 Å². The number of nitrogens with zero attached hydrogens (tertiary/aromatic N) is 1. The summed E-state index contributed by atoms with van der Waals surface area (Å²) in [5.41, 5.74) is 0.426. The normalized spacial score (nSPS) is 32.2. The standard InChI is InChI=1S/C11H23N/c1-6-9(2)10-7-8-12(5)11(10,3)4/h9-10H,6-8H2,1-5H3. The van der Waals surface area contributed by atoms with Crippen molar-refractivity contribution in [2.45, 2.75) is 46.1 Å². The van der Waals surface area contributed by atoms with Crippen LogP contribution in [0.15, 0.2) is 0 Å². The van der Waals surface area contributed by atoms with E-state index in [0.29, 0.717) is 5.54 Å². The van der Waals surface area contributed by atoms with Crippen molar-refractivity contribution in [2.75, 3.05) is 13.6 Å². The molecule has 1 nitrogen and oxygen atoms in total. The highest BCUT2D eigenvalue weighted by molar-refractivity contribution is 4.95. The third kappa shape index (κ3) is 1.52. The van der Waals surface area contributed by atoms with Crippen LogP contribution in [0.4, 0.5) is 0 Å². The van der Waals surface area contributed by atoms with Crippen molar-refractivity contribution < 1.29 is 0 Å². The zero-order valence-corrected chi connectivity index (χ0v) is 9.22. The van der Waals surface area contributed by atoms with E-state index in [-0.39, 0.29) is 0 Å². The second-order valence-electron chi connectivity index (χ2n) is 4.86. The van der Waals surface area contributed by atoms with Crippen LogP contribution in [0.25, 0.3) is 0 Å². The van der Waals surface area contributed by atoms with Crippen molar-refractivity contribution in [3.05, 3.63) is 0 Å². The molecule has 0 aromatic carbocycles. The average molecular weight is 169 g/mol. The van der Waals surface area contributed by atoms with Crippen molar-refractivity contribution in [1.82, 2.24) is 4.90 Å². The van der Waals surface area contributed by atoms with Gasteiger partial charge in [0.2, 0.25) is 0 Å². The second kappa shape index (κ2) is 3.37. The van der Waals surface area contributed by atoms with Gasteiger partial charge in [-0.15, -0.1) is 0 Å². The molecule has 0 radical (unpaired) electrons. The fraction of sp³-hybridized carbons (Fsp3) is 1.00. The Morgan fingerprint density at radius 2 is 2.08 bits per heavy atom. The molecule has 1 saturated heterocycles. The van der Waals surface area contributed by atoms with Gasteiger partial charge in [0.15, 0.2) is 0 Å². The summed E-state index contributed by atoms with van der Waals surface area (Å²) in [6.45, 7) is 10.8. The number of hydrogen-bond donors (Lipinski definition) is 0. The summed E-state index contributed by atoms with van der Waals surface area (Å²) in [6, 6.07) is 0. The number of hydrogen-bond acceptors (Lipinski definition) is 1. The predicted molar refractivity (Wildman–Crippen MR) is 54.3 cm³/mol. The Morgan fingerprint density at radius 1 is 1.50 bits per heavy atom. The first kappa shape index (κ1) is 10.0. The van der Waals surface area contributed by atoms with Crippen molar-refractivity contribution in [2.24, 2.45) is 11.8 Å². The molecule has 2 unspecified atom stereocenters. The van der Waals surface area contributed by atoms with Gasteiger partial charge in [-0.25, -0.2) is 0 Å². The third-order valence-corrected chi connectivity index (χ3v) is 4.00. The van der Waals surface area contributed by atoms with Crippen LogP contribution in [-0.4, -0.2) is 24.0 Å². The monoisotopic (exact) mass is 169 g/mol. The summed E-state index contributed by atoms with van der Waals surface area (Å²) < 4.78 is 0. The molecule has 0 bridgehead atoms. The lowest BCUT2D eigenvalue weighted by Gasteiger charge is -2.36. The van der Waals surface area contributed by atoms with Gasteiger partial charge in [-0.2, -0.15) is 0 Å². The molecule has 1 heterocycles. The second-order valence-corrected chi connectivity index (χ2v) is 4.86. The molecule has 1 rings (SSSR count). The first-order valence-electron chi connectivity index (χ1n) is 5.21. The highest BCUT2D eigenvalue weighted by Gasteiger charge is 2.40. The van der Waals surface area contributed by atoms with Gasteiger partial charge in [-0.05, 0) is 45.7 Å². The molecule has 0 aromatic heterocycles. The van der Waals surface area contributed by atoms with Gasteiger partial charge in [0.25, 0.3) is 0 Å². The molecule has 0 N–H and O–H groups in total. The maximum absolute atomic E-state index is 2.50. The van der Waals surface area contributed by atoms with E-state index in [1.165, 1.54) is 19.4 Å². The van der Waals surface area contributed by atoms with Gasteiger partial charge < -0.3 is 4.90 Å². The van der Waals surface area contributed by atoms with Gasteiger partial charge in [-0.1, -0.05) is 20.3 Å². The molecule has 0 saturated carbocycles. The lowest BCUT2D eigenvalue weighted by molar-refractivity contribution is 0.137. The van der Waals surface area contributed by atoms with Crippen LogP contribution >= 0.6 is 0 Å². The summed E-state index contributed by atoms with van der Waals surface area (Å²) in [5, 5.41) is 0. The van der Waals surface area contributed by atoms with E-state index < -0.39 is 0 Å². The van der Waals surface area contributed by atoms with Gasteiger partial charge >= 0.3 is 0 Å². The third-order valence-electron chi connectivity index (χ3n) is 4.00. The van der Waals surface area contributed by atoms with Crippen LogP contribution in [0.5, 0.6) is 0 Å². The Bertz CT molecular complexity index is 151. The highest BCUT2D eigenvalue weighted by atomic mass is 15.2. The Kier molecular flexibility index (Phi) is 2.82. The first-order valence-corrected chi connectivity index (χ1v) is 5.21. The molecule has 1 fully saturated rings.